The summed E-state index contributed by atoms with van der Waals surface area (Å²) >= 11 is 0. The lowest BCUT2D eigenvalue weighted by atomic mass is 10.2. The normalized spacial score (nSPS) is 9.11. The van der Waals surface area contributed by atoms with Gasteiger partial charge in [0.1, 0.15) is 0 Å². The summed E-state index contributed by atoms with van der Waals surface area (Å²) in [6.45, 7) is 0. The van der Waals surface area contributed by atoms with Crippen LogP contribution in [0.5, 0.6) is 0 Å². The number of ether oxygens (including phenoxy) is 1. The van der Waals surface area contributed by atoms with Crippen molar-refractivity contribution in [1.29, 1.82) is 0 Å². The monoisotopic (exact) mass is 251 g/mol. The van der Waals surface area contributed by atoms with Crippen molar-refractivity contribution in [2.45, 2.75) is 0 Å². The summed E-state index contributed by atoms with van der Waals surface area (Å²) in [5.41, 5.74) is 2.76. The van der Waals surface area contributed by atoms with Crippen LogP contribution in [0, 0.1) is 11.8 Å². The summed E-state index contributed by atoms with van der Waals surface area (Å²) in [4.78, 5) is 10.9. The maximum atomic E-state index is 10.9. The Kier molecular flexibility index (Phi) is 4.20. The van der Waals surface area contributed by atoms with Crippen LogP contribution in [0.3, 0.4) is 0 Å². The van der Waals surface area contributed by atoms with Crippen LogP contribution in [0.2, 0.25) is 0 Å². The number of hydrogen-bond acceptors (Lipinski definition) is 3. The molecule has 0 fully saturated rings. The number of esters is 1. The van der Waals surface area contributed by atoms with Crippen LogP contribution in [-0.2, 0) is 9.53 Å². The third kappa shape index (κ3) is 3.90. The molecule has 19 heavy (non-hydrogen) atoms. The molecule has 3 nitrogen and oxygen atoms in total. The van der Waals surface area contributed by atoms with Crippen molar-refractivity contribution in [2.24, 2.45) is 0 Å². The van der Waals surface area contributed by atoms with Gasteiger partial charge in [-0.2, -0.15) is 0 Å². The molecule has 0 aromatic heterocycles. The van der Waals surface area contributed by atoms with E-state index in [1.165, 1.54) is 7.11 Å². The number of anilines is 2. The van der Waals surface area contributed by atoms with Crippen molar-refractivity contribution in [2.75, 3.05) is 12.4 Å². The Bertz CT molecular complexity index is 607. The molecule has 94 valence electrons. The summed E-state index contributed by atoms with van der Waals surface area (Å²) in [5, 5.41) is 3.27. The second kappa shape index (κ2) is 6.27. The fraction of sp³-hybridized carbons (Fsp3) is 0.0625. The van der Waals surface area contributed by atoms with Crippen LogP contribution in [-0.4, -0.2) is 13.1 Å². The molecule has 2 aromatic carbocycles. The average Bonchev–Trinajstić information content (AvgIpc) is 2.47. The molecule has 0 aliphatic rings. The van der Waals surface area contributed by atoms with E-state index in [0.29, 0.717) is 0 Å². The van der Waals surface area contributed by atoms with Gasteiger partial charge in [0, 0.05) is 22.9 Å². The lowest BCUT2D eigenvalue weighted by Gasteiger charge is -2.05. The Morgan fingerprint density at radius 1 is 1.00 bits per heavy atom. The Morgan fingerprint density at radius 3 is 2.26 bits per heavy atom. The summed E-state index contributed by atoms with van der Waals surface area (Å²) < 4.78 is 4.45. The maximum Gasteiger partial charge on any atom is 0.384 e. The quantitative estimate of drug-likeness (QED) is 0.658. The van der Waals surface area contributed by atoms with E-state index in [0.717, 1.165) is 16.9 Å². The molecule has 0 spiro atoms. The third-order valence-electron chi connectivity index (χ3n) is 2.44. The van der Waals surface area contributed by atoms with Crippen LogP contribution < -0.4 is 5.32 Å². The number of carbonyl (C=O) groups is 1. The van der Waals surface area contributed by atoms with Gasteiger partial charge >= 0.3 is 5.97 Å². The Morgan fingerprint density at radius 2 is 1.63 bits per heavy atom. The fourth-order valence-corrected chi connectivity index (χ4v) is 1.50. The van der Waals surface area contributed by atoms with E-state index < -0.39 is 5.97 Å². The van der Waals surface area contributed by atoms with Crippen molar-refractivity contribution in [3.8, 4) is 11.8 Å². The molecule has 0 aliphatic carbocycles. The van der Waals surface area contributed by atoms with Crippen LogP contribution in [0.1, 0.15) is 5.56 Å². The Hall–Kier alpha value is -2.73. The Labute approximate surface area is 112 Å². The fourth-order valence-electron chi connectivity index (χ4n) is 1.50. The predicted octanol–water partition coefficient (Wildman–Crippen LogP) is 2.95. The molecule has 0 saturated carbocycles. The van der Waals surface area contributed by atoms with Crippen molar-refractivity contribution in [3.63, 3.8) is 0 Å². The molecule has 0 amide bonds. The van der Waals surface area contributed by atoms with Gasteiger partial charge in [-0.25, -0.2) is 4.79 Å². The minimum Gasteiger partial charge on any atom is -0.459 e. The summed E-state index contributed by atoms with van der Waals surface area (Å²) in [5.74, 6) is 4.58. The molecular formula is C16H13NO2. The van der Waals surface area contributed by atoms with E-state index in [9.17, 15) is 4.79 Å². The van der Waals surface area contributed by atoms with Gasteiger partial charge < -0.3 is 10.1 Å². The highest BCUT2D eigenvalue weighted by Gasteiger charge is 1.94. The minimum absolute atomic E-state index is 0.536. The number of rotatable bonds is 2. The first-order valence-corrected chi connectivity index (χ1v) is 5.80. The number of para-hydroxylation sites is 1. The summed E-state index contributed by atoms with van der Waals surface area (Å²) in [6.07, 6.45) is 0. The highest BCUT2D eigenvalue weighted by molar-refractivity contribution is 5.89. The van der Waals surface area contributed by atoms with E-state index in [4.69, 9.17) is 0 Å². The Balaban J connectivity index is 2.06. The first-order valence-electron chi connectivity index (χ1n) is 5.80. The third-order valence-corrected chi connectivity index (χ3v) is 2.44. The van der Waals surface area contributed by atoms with Gasteiger partial charge in [-0.05, 0) is 36.4 Å². The molecule has 2 rings (SSSR count). The van der Waals surface area contributed by atoms with Crippen LogP contribution >= 0.6 is 0 Å². The van der Waals surface area contributed by atoms with E-state index in [1.807, 2.05) is 54.6 Å². The molecule has 3 heteroatoms. The van der Waals surface area contributed by atoms with Crippen molar-refractivity contribution >= 4 is 17.3 Å². The van der Waals surface area contributed by atoms with Gasteiger partial charge in [0.05, 0.1) is 7.11 Å². The van der Waals surface area contributed by atoms with Crippen LogP contribution in [0.25, 0.3) is 0 Å². The largest absolute Gasteiger partial charge is 0.459 e. The van der Waals surface area contributed by atoms with E-state index in [1.54, 1.807) is 0 Å². The highest BCUT2D eigenvalue weighted by atomic mass is 16.5. The van der Waals surface area contributed by atoms with E-state index in [-0.39, 0.29) is 0 Å². The lowest BCUT2D eigenvalue weighted by Crippen LogP contribution is -1.94. The second-order valence-corrected chi connectivity index (χ2v) is 3.81. The number of methoxy groups -OCH3 is 1. The molecule has 0 heterocycles. The van der Waals surface area contributed by atoms with E-state index >= 15 is 0 Å². The standard InChI is InChI=1S/C16H13NO2/c1-19-16(18)12-9-13-7-10-15(11-8-13)17-14-5-3-2-4-6-14/h2-8,10-11,17H,1H3. The average molecular weight is 251 g/mol. The second-order valence-electron chi connectivity index (χ2n) is 3.81. The first-order chi connectivity index (χ1) is 9.28. The molecule has 0 atom stereocenters. The zero-order valence-electron chi connectivity index (χ0n) is 10.5. The zero-order valence-corrected chi connectivity index (χ0v) is 10.5. The van der Waals surface area contributed by atoms with E-state index in [2.05, 4.69) is 21.9 Å². The number of hydrogen-bond donors (Lipinski definition) is 1. The van der Waals surface area contributed by atoms with Crippen LogP contribution in [0.15, 0.2) is 54.6 Å². The van der Waals surface area contributed by atoms with Gasteiger partial charge in [0.15, 0.2) is 0 Å². The number of carbonyl (C=O) groups excluding carboxylic acids is 1. The number of nitrogens with one attached hydrogen (secondary N) is 1. The van der Waals surface area contributed by atoms with Gasteiger partial charge in [-0.1, -0.05) is 24.1 Å². The van der Waals surface area contributed by atoms with Gasteiger partial charge in [-0.15, -0.1) is 0 Å². The molecule has 0 unspecified atom stereocenters. The van der Waals surface area contributed by atoms with Crippen LogP contribution in [0.4, 0.5) is 11.4 Å². The zero-order chi connectivity index (χ0) is 13.5. The topological polar surface area (TPSA) is 38.3 Å². The molecule has 0 saturated heterocycles. The molecule has 2 aromatic rings. The molecule has 0 radical (unpaired) electrons. The summed E-state index contributed by atoms with van der Waals surface area (Å²) in [7, 11) is 1.31. The van der Waals surface area contributed by atoms with Gasteiger partial charge in [-0.3, -0.25) is 0 Å². The smallest absolute Gasteiger partial charge is 0.384 e. The first kappa shape index (κ1) is 12.7. The van der Waals surface area contributed by atoms with Gasteiger partial charge in [0.25, 0.3) is 0 Å². The van der Waals surface area contributed by atoms with Crippen molar-refractivity contribution < 1.29 is 9.53 Å². The summed E-state index contributed by atoms with van der Waals surface area (Å²) in [6, 6.07) is 17.4. The van der Waals surface area contributed by atoms with Crippen molar-refractivity contribution in [1.82, 2.24) is 0 Å². The van der Waals surface area contributed by atoms with Crippen molar-refractivity contribution in [3.05, 3.63) is 60.2 Å². The predicted molar refractivity (Wildman–Crippen MR) is 75.1 cm³/mol. The number of benzene rings is 2. The molecule has 0 aliphatic heterocycles. The minimum atomic E-state index is -0.536. The highest BCUT2D eigenvalue weighted by Crippen LogP contribution is 2.16. The molecular weight excluding hydrogens is 238 g/mol. The van der Waals surface area contributed by atoms with Gasteiger partial charge in [0.2, 0.25) is 0 Å². The molecule has 1 N–H and O–H groups in total. The maximum absolute atomic E-state index is 10.9. The lowest BCUT2D eigenvalue weighted by molar-refractivity contribution is -0.133. The molecule has 0 bridgehead atoms. The SMILES string of the molecule is COC(=O)C#Cc1ccc(Nc2ccccc2)cc1.